The molecule has 1 saturated heterocycles. The Kier molecular flexibility index (Phi) is 4.66. The number of rotatable bonds is 3. The Morgan fingerprint density at radius 1 is 1.58 bits per heavy atom. The molecule has 0 bridgehead atoms. The highest BCUT2D eigenvalue weighted by atomic mass is 35.5. The highest BCUT2D eigenvalue weighted by molar-refractivity contribution is 6.34. The first-order valence-electron chi connectivity index (χ1n) is 6.58. The lowest BCUT2D eigenvalue weighted by atomic mass is 9.98. The van der Waals surface area contributed by atoms with Crippen LogP contribution in [0.2, 0.25) is 5.02 Å². The molecule has 1 unspecified atom stereocenters. The molecular formula is C14H20ClN3O. The van der Waals surface area contributed by atoms with Gasteiger partial charge in [-0.25, -0.2) is 0 Å². The number of halogens is 1. The van der Waals surface area contributed by atoms with E-state index in [1.54, 1.807) is 18.2 Å². The Balaban J connectivity index is 1.92. The van der Waals surface area contributed by atoms with E-state index in [2.05, 4.69) is 17.3 Å². The lowest BCUT2D eigenvalue weighted by Crippen LogP contribution is -2.39. The highest BCUT2D eigenvalue weighted by Gasteiger charge is 2.18. The fourth-order valence-electron chi connectivity index (χ4n) is 2.49. The summed E-state index contributed by atoms with van der Waals surface area (Å²) in [7, 11) is 2.11. The minimum Gasteiger partial charge on any atom is -0.399 e. The van der Waals surface area contributed by atoms with E-state index in [9.17, 15) is 4.79 Å². The van der Waals surface area contributed by atoms with Gasteiger partial charge in [0, 0.05) is 18.8 Å². The fraction of sp³-hybridized carbons (Fsp3) is 0.500. The van der Waals surface area contributed by atoms with Gasteiger partial charge >= 0.3 is 0 Å². The largest absolute Gasteiger partial charge is 0.399 e. The minimum absolute atomic E-state index is 0.148. The van der Waals surface area contributed by atoms with Crippen LogP contribution < -0.4 is 11.1 Å². The van der Waals surface area contributed by atoms with Gasteiger partial charge in [0.15, 0.2) is 0 Å². The molecule has 104 valence electrons. The highest BCUT2D eigenvalue weighted by Crippen LogP contribution is 2.19. The quantitative estimate of drug-likeness (QED) is 0.833. The van der Waals surface area contributed by atoms with Crippen molar-refractivity contribution in [1.82, 2.24) is 10.2 Å². The van der Waals surface area contributed by atoms with Crippen molar-refractivity contribution in [2.45, 2.75) is 12.8 Å². The third kappa shape index (κ3) is 3.85. The van der Waals surface area contributed by atoms with Crippen molar-refractivity contribution in [2.24, 2.45) is 5.92 Å². The SMILES string of the molecule is CN1CCCC(CNC(=O)c2cc(N)ccc2Cl)C1. The van der Waals surface area contributed by atoms with E-state index in [1.807, 2.05) is 0 Å². The summed E-state index contributed by atoms with van der Waals surface area (Å²) in [6, 6.07) is 4.96. The van der Waals surface area contributed by atoms with Crippen molar-refractivity contribution in [1.29, 1.82) is 0 Å². The third-order valence-electron chi connectivity index (χ3n) is 3.51. The number of likely N-dealkylation sites (tertiary alicyclic amines) is 1. The van der Waals surface area contributed by atoms with Gasteiger partial charge in [-0.3, -0.25) is 4.79 Å². The maximum Gasteiger partial charge on any atom is 0.252 e. The van der Waals surface area contributed by atoms with Crippen LogP contribution in [0.15, 0.2) is 18.2 Å². The fourth-order valence-corrected chi connectivity index (χ4v) is 2.69. The van der Waals surface area contributed by atoms with Crippen LogP contribution in [0.25, 0.3) is 0 Å². The van der Waals surface area contributed by atoms with Crippen LogP contribution >= 0.6 is 11.6 Å². The summed E-state index contributed by atoms with van der Waals surface area (Å²) in [4.78, 5) is 14.4. The zero-order valence-electron chi connectivity index (χ0n) is 11.2. The summed E-state index contributed by atoms with van der Waals surface area (Å²) in [6.07, 6.45) is 2.35. The van der Waals surface area contributed by atoms with Gasteiger partial charge in [-0.2, -0.15) is 0 Å². The Labute approximate surface area is 118 Å². The molecule has 1 amide bonds. The van der Waals surface area contributed by atoms with Crippen LogP contribution in [0.3, 0.4) is 0 Å². The first-order chi connectivity index (χ1) is 9.06. The van der Waals surface area contributed by atoms with Gasteiger partial charge in [0.25, 0.3) is 5.91 Å². The normalized spacial score (nSPS) is 20.2. The molecule has 1 heterocycles. The summed E-state index contributed by atoms with van der Waals surface area (Å²) >= 11 is 6.01. The van der Waals surface area contributed by atoms with Crippen molar-refractivity contribution in [3.05, 3.63) is 28.8 Å². The van der Waals surface area contributed by atoms with E-state index in [0.717, 1.165) is 19.5 Å². The van der Waals surface area contributed by atoms with Gasteiger partial charge in [0.1, 0.15) is 0 Å². The maximum absolute atomic E-state index is 12.1. The summed E-state index contributed by atoms with van der Waals surface area (Å²) in [6.45, 7) is 2.87. The van der Waals surface area contributed by atoms with Crippen molar-refractivity contribution < 1.29 is 4.79 Å². The van der Waals surface area contributed by atoms with E-state index < -0.39 is 0 Å². The summed E-state index contributed by atoms with van der Waals surface area (Å²) in [5, 5.41) is 3.39. The first-order valence-corrected chi connectivity index (χ1v) is 6.96. The topological polar surface area (TPSA) is 58.4 Å². The molecule has 5 heteroatoms. The summed E-state index contributed by atoms with van der Waals surface area (Å²) in [5.74, 6) is 0.369. The number of hydrogen-bond acceptors (Lipinski definition) is 3. The van der Waals surface area contributed by atoms with E-state index in [4.69, 9.17) is 17.3 Å². The average molecular weight is 282 g/mol. The van der Waals surface area contributed by atoms with E-state index in [1.165, 1.54) is 6.42 Å². The molecule has 2 rings (SSSR count). The number of piperidine rings is 1. The molecule has 0 radical (unpaired) electrons. The van der Waals surface area contributed by atoms with Crippen molar-refractivity contribution in [2.75, 3.05) is 32.4 Å². The van der Waals surface area contributed by atoms with Crippen molar-refractivity contribution in [3.8, 4) is 0 Å². The molecule has 1 aromatic carbocycles. The second-order valence-electron chi connectivity index (χ2n) is 5.22. The molecule has 1 aliphatic rings. The third-order valence-corrected chi connectivity index (χ3v) is 3.84. The Hall–Kier alpha value is -1.26. The number of nitrogens with one attached hydrogen (secondary N) is 1. The summed E-state index contributed by atoms with van der Waals surface area (Å²) in [5.41, 5.74) is 6.68. The zero-order chi connectivity index (χ0) is 13.8. The van der Waals surface area contributed by atoms with Crippen LogP contribution in [-0.2, 0) is 0 Å². The number of nitrogens with zero attached hydrogens (tertiary/aromatic N) is 1. The molecule has 1 fully saturated rings. The molecule has 0 spiro atoms. The van der Waals surface area contributed by atoms with E-state index in [-0.39, 0.29) is 5.91 Å². The number of benzene rings is 1. The monoisotopic (exact) mass is 281 g/mol. The lowest BCUT2D eigenvalue weighted by Gasteiger charge is -2.29. The Morgan fingerprint density at radius 3 is 3.11 bits per heavy atom. The smallest absolute Gasteiger partial charge is 0.252 e. The number of nitrogen functional groups attached to an aromatic ring is 1. The number of carbonyl (C=O) groups is 1. The van der Waals surface area contributed by atoms with Gasteiger partial charge < -0.3 is 16.0 Å². The zero-order valence-corrected chi connectivity index (χ0v) is 11.9. The average Bonchev–Trinajstić information content (AvgIpc) is 2.39. The maximum atomic E-state index is 12.1. The first kappa shape index (κ1) is 14.2. The number of carbonyl (C=O) groups excluding carboxylic acids is 1. The number of hydrogen-bond donors (Lipinski definition) is 2. The van der Waals surface area contributed by atoms with E-state index >= 15 is 0 Å². The van der Waals surface area contributed by atoms with Crippen LogP contribution in [0, 0.1) is 5.92 Å². The molecule has 3 N–H and O–H groups in total. The Bertz CT molecular complexity index is 464. The molecule has 4 nitrogen and oxygen atoms in total. The Morgan fingerprint density at radius 2 is 2.37 bits per heavy atom. The van der Waals surface area contributed by atoms with Crippen LogP contribution in [-0.4, -0.2) is 37.5 Å². The molecule has 1 atom stereocenters. The second-order valence-corrected chi connectivity index (χ2v) is 5.63. The molecule has 0 saturated carbocycles. The van der Waals surface area contributed by atoms with Gasteiger partial charge in [-0.1, -0.05) is 11.6 Å². The van der Waals surface area contributed by atoms with Crippen molar-refractivity contribution >= 4 is 23.2 Å². The van der Waals surface area contributed by atoms with E-state index in [0.29, 0.717) is 28.7 Å². The van der Waals surface area contributed by atoms with Gasteiger partial charge in [-0.05, 0) is 50.6 Å². The number of amides is 1. The van der Waals surface area contributed by atoms with Gasteiger partial charge in [-0.15, -0.1) is 0 Å². The molecule has 1 aromatic rings. The minimum atomic E-state index is -0.148. The number of nitrogens with two attached hydrogens (primary N) is 1. The lowest BCUT2D eigenvalue weighted by molar-refractivity contribution is 0.0937. The van der Waals surface area contributed by atoms with Crippen molar-refractivity contribution in [3.63, 3.8) is 0 Å². The van der Waals surface area contributed by atoms with Crippen LogP contribution in [0.5, 0.6) is 0 Å². The molecule has 19 heavy (non-hydrogen) atoms. The predicted octanol–water partition coefficient (Wildman–Crippen LogP) is 1.99. The van der Waals surface area contributed by atoms with Crippen LogP contribution in [0.1, 0.15) is 23.2 Å². The van der Waals surface area contributed by atoms with Gasteiger partial charge in [0.2, 0.25) is 0 Å². The molecular weight excluding hydrogens is 262 g/mol. The molecule has 0 aromatic heterocycles. The van der Waals surface area contributed by atoms with Gasteiger partial charge in [0.05, 0.1) is 10.6 Å². The molecule has 0 aliphatic carbocycles. The summed E-state index contributed by atoms with van der Waals surface area (Å²) < 4.78 is 0. The predicted molar refractivity (Wildman–Crippen MR) is 78.4 cm³/mol. The second kappa shape index (κ2) is 6.26. The standard InChI is InChI=1S/C14H20ClN3O/c1-18-6-2-3-10(9-18)8-17-14(19)12-7-11(16)4-5-13(12)15/h4-5,7,10H,2-3,6,8-9,16H2,1H3,(H,17,19). The van der Waals surface area contributed by atoms with Crippen LogP contribution in [0.4, 0.5) is 5.69 Å². The number of anilines is 1. The molecule has 1 aliphatic heterocycles.